The fourth-order valence-corrected chi connectivity index (χ4v) is 2.38. The summed E-state index contributed by atoms with van der Waals surface area (Å²) in [5.74, 6) is 0. The van der Waals surface area contributed by atoms with Crippen molar-refractivity contribution in [3.8, 4) is 0 Å². The van der Waals surface area contributed by atoms with E-state index in [0.29, 0.717) is 0 Å². The average Bonchev–Trinajstić information content (AvgIpc) is 1.80. The molecule has 0 saturated heterocycles. The molecule has 2 unspecified atom stereocenters. The molecule has 3 N–H and O–H groups in total. The monoisotopic (exact) mass is 243 g/mol. The molecule has 1 aliphatic carbocycles. The highest BCUT2D eigenvalue weighted by Gasteiger charge is 2.30. The quantitative estimate of drug-likeness (QED) is 0.310. The third-order valence-electron chi connectivity index (χ3n) is 1.48. The van der Waals surface area contributed by atoms with Crippen molar-refractivity contribution in [1.29, 1.82) is 0 Å². The number of rotatable bonds is 1. The van der Waals surface area contributed by atoms with Crippen molar-refractivity contribution in [3.05, 3.63) is 23.3 Å². The van der Waals surface area contributed by atoms with E-state index >= 15 is 0 Å². The topological polar surface area (TPSA) is 80.4 Å². The van der Waals surface area contributed by atoms with Gasteiger partial charge in [0.25, 0.3) is 10.1 Å². The predicted molar refractivity (Wildman–Crippen MR) is 51.2 cm³/mol. The Hall–Kier alpha value is -0.0700. The molecule has 0 aromatic rings. The lowest BCUT2D eigenvalue weighted by molar-refractivity contribution is 0.480. The zero-order valence-electron chi connectivity index (χ0n) is 6.31. The van der Waals surface area contributed by atoms with E-state index in [4.69, 9.17) is 33.5 Å². The van der Waals surface area contributed by atoms with E-state index < -0.39 is 20.4 Å². The van der Waals surface area contributed by atoms with Gasteiger partial charge in [-0.05, 0) is 12.2 Å². The number of alkyl halides is 1. The minimum atomic E-state index is -4.23. The van der Waals surface area contributed by atoms with Crippen molar-refractivity contribution in [2.45, 2.75) is 10.2 Å². The fraction of sp³-hybridized carbons (Fsp3) is 0.333. The van der Waals surface area contributed by atoms with Crippen molar-refractivity contribution >= 4 is 33.3 Å². The lowest BCUT2D eigenvalue weighted by Crippen LogP contribution is -2.33. The van der Waals surface area contributed by atoms with Crippen LogP contribution in [0, 0.1) is 0 Å². The molecule has 0 radical (unpaired) electrons. The molecule has 2 atom stereocenters. The Morgan fingerprint density at radius 3 is 2.54 bits per heavy atom. The van der Waals surface area contributed by atoms with Crippen molar-refractivity contribution in [2.75, 3.05) is 0 Å². The van der Waals surface area contributed by atoms with Crippen LogP contribution in [0.5, 0.6) is 0 Å². The minimum Gasteiger partial charge on any atom is -0.306 e. The van der Waals surface area contributed by atoms with Gasteiger partial charge in [-0.2, -0.15) is 8.42 Å². The standard InChI is InChI=1S/C6H7Cl2NO3S/c7-4-3-6(8,9)2-1-5(4)13(10,11)12/h1-3,5H,9H2,(H,10,11,12). The van der Waals surface area contributed by atoms with E-state index in [2.05, 4.69) is 0 Å². The van der Waals surface area contributed by atoms with Crippen LogP contribution in [0.2, 0.25) is 0 Å². The Morgan fingerprint density at radius 2 is 2.15 bits per heavy atom. The third kappa shape index (κ3) is 2.69. The van der Waals surface area contributed by atoms with E-state index in [9.17, 15) is 8.42 Å². The molecule has 0 heterocycles. The molecule has 0 bridgehead atoms. The molecule has 7 heteroatoms. The molecule has 0 spiro atoms. The first kappa shape index (κ1) is 11.0. The summed E-state index contributed by atoms with van der Waals surface area (Å²) in [5, 5.41) is -1.37. The van der Waals surface area contributed by atoms with Crippen molar-refractivity contribution in [2.24, 2.45) is 5.73 Å². The smallest absolute Gasteiger partial charge is 0.276 e. The highest BCUT2D eigenvalue weighted by Crippen LogP contribution is 2.27. The van der Waals surface area contributed by atoms with E-state index in [-0.39, 0.29) is 5.03 Å². The first-order valence-electron chi connectivity index (χ1n) is 3.24. The van der Waals surface area contributed by atoms with Gasteiger partial charge in [0.2, 0.25) is 0 Å². The third-order valence-corrected chi connectivity index (χ3v) is 3.24. The van der Waals surface area contributed by atoms with Crippen LogP contribution in [0.4, 0.5) is 0 Å². The molecule has 1 rings (SSSR count). The summed E-state index contributed by atoms with van der Waals surface area (Å²) in [6.07, 6.45) is 3.55. The minimum absolute atomic E-state index is 0.109. The van der Waals surface area contributed by atoms with Gasteiger partial charge in [-0.3, -0.25) is 4.55 Å². The summed E-state index contributed by atoms with van der Waals surface area (Å²) < 4.78 is 30.1. The average molecular weight is 244 g/mol. The summed E-state index contributed by atoms with van der Waals surface area (Å²) in [6.45, 7) is 0. The first-order chi connectivity index (χ1) is 5.72. The molecular formula is C6H7Cl2NO3S. The van der Waals surface area contributed by atoms with Crippen LogP contribution in [-0.4, -0.2) is 23.2 Å². The molecule has 4 nitrogen and oxygen atoms in total. The van der Waals surface area contributed by atoms with Gasteiger partial charge < -0.3 is 5.73 Å². The zero-order chi connectivity index (χ0) is 10.3. The summed E-state index contributed by atoms with van der Waals surface area (Å²) >= 11 is 11.2. The van der Waals surface area contributed by atoms with Crippen LogP contribution in [0.25, 0.3) is 0 Å². The van der Waals surface area contributed by atoms with Gasteiger partial charge in [0.15, 0.2) is 0 Å². The van der Waals surface area contributed by atoms with Gasteiger partial charge >= 0.3 is 0 Å². The van der Waals surface area contributed by atoms with Gasteiger partial charge in [0.1, 0.15) is 10.2 Å². The second-order valence-electron chi connectivity index (χ2n) is 2.65. The maximum atomic E-state index is 10.7. The molecule has 0 amide bonds. The maximum absolute atomic E-state index is 10.7. The van der Waals surface area contributed by atoms with Crippen LogP contribution < -0.4 is 5.73 Å². The van der Waals surface area contributed by atoms with Crippen LogP contribution in [0.1, 0.15) is 0 Å². The molecule has 13 heavy (non-hydrogen) atoms. The normalized spacial score (nSPS) is 34.5. The molecule has 0 aromatic carbocycles. The first-order valence-corrected chi connectivity index (χ1v) is 5.50. The lowest BCUT2D eigenvalue weighted by atomic mass is 10.1. The predicted octanol–water partition coefficient (Wildman–Crippen LogP) is 0.829. The lowest BCUT2D eigenvalue weighted by Gasteiger charge is -2.21. The van der Waals surface area contributed by atoms with Crippen molar-refractivity contribution < 1.29 is 13.0 Å². The molecule has 0 aliphatic heterocycles. The van der Waals surface area contributed by atoms with Gasteiger partial charge in [-0.1, -0.05) is 29.3 Å². The Balaban J connectivity index is 3.07. The summed E-state index contributed by atoms with van der Waals surface area (Å²) in [4.78, 5) is -1.28. The fourth-order valence-electron chi connectivity index (χ4n) is 0.910. The van der Waals surface area contributed by atoms with Gasteiger partial charge in [-0.25, -0.2) is 0 Å². The molecule has 1 aliphatic rings. The van der Waals surface area contributed by atoms with Crippen LogP contribution in [0.15, 0.2) is 23.3 Å². The second-order valence-corrected chi connectivity index (χ2v) is 5.28. The highest BCUT2D eigenvalue weighted by molar-refractivity contribution is 7.86. The molecule has 74 valence electrons. The zero-order valence-corrected chi connectivity index (χ0v) is 8.64. The molecule has 0 aromatic heterocycles. The van der Waals surface area contributed by atoms with Crippen LogP contribution in [-0.2, 0) is 10.1 Å². The number of hydrogen-bond donors (Lipinski definition) is 2. The van der Waals surface area contributed by atoms with E-state index in [1.165, 1.54) is 6.08 Å². The number of halogens is 2. The van der Waals surface area contributed by atoms with Crippen molar-refractivity contribution in [1.82, 2.24) is 0 Å². The number of nitrogens with two attached hydrogens (primary N) is 1. The second kappa shape index (κ2) is 3.25. The largest absolute Gasteiger partial charge is 0.306 e. The van der Waals surface area contributed by atoms with Gasteiger partial charge in [0, 0.05) is 5.03 Å². The van der Waals surface area contributed by atoms with Gasteiger partial charge in [-0.15, -0.1) is 0 Å². The van der Waals surface area contributed by atoms with Crippen molar-refractivity contribution in [3.63, 3.8) is 0 Å². The Labute approximate surface area is 85.8 Å². The summed E-state index contributed by atoms with van der Waals surface area (Å²) in [6, 6.07) is 0. The van der Waals surface area contributed by atoms with E-state index in [1.807, 2.05) is 0 Å². The molecule has 0 saturated carbocycles. The van der Waals surface area contributed by atoms with E-state index in [1.54, 1.807) is 0 Å². The molecular weight excluding hydrogens is 237 g/mol. The van der Waals surface area contributed by atoms with Crippen LogP contribution in [0.3, 0.4) is 0 Å². The maximum Gasteiger partial charge on any atom is 0.276 e. The van der Waals surface area contributed by atoms with Gasteiger partial charge in [0.05, 0.1) is 0 Å². The highest BCUT2D eigenvalue weighted by atomic mass is 35.5. The Morgan fingerprint density at radius 1 is 1.62 bits per heavy atom. The van der Waals surface area contributed by atoms with Crippen LogP contribution >= 0.6 is 23.2 Å². The van der Waals surface area contributed by atoms with E-state index in [0.717, 1.165) is 12.2 Å². The Kier molecular flexibility index (Phi) is 2.75. The summed E-state index contributed by atoms with van der Waals surface area (Å²) in [7, 11) is -4.23. The Bertz CT molecular complexity index is 371. The number of hydrogen-bond acceptors (Lipinski definition) is 3. The SMILES string of the molecule is NC1(Cl)C=CC(S(=O)(=O)O)C(Cl)=C1. The summed E-state index contributed by atoms with van der Waals surface area (Å²) in [5.41, 5.74) is 5.42. The molecule has 0 fully saturated rings.